The highest BCUT2D eigenvalue weighted by atomic mass is 16.5. The molecule has 0 saturated heterocycles. The minimum absolute atomic E-state index is 0.121. The Hall–Kier alpha value is -1.69. The number of carbonyl (C=O) groups excluding carboxylic acids is 1. The largest absolute Gasteiger partial charge is 0.473 e. The van der Waals surface area contributed by atoms with Crippen molar-refractivity contribution in [3.63, 3.8) is 0 Å². The Morgan fingerprint density at radius 1 is 1.50 bits per heavy atom. The van der Waals surface area contributed by atoms with Gasteiger partial charge in [0.1, 0.15) is 6.10 Å². The molecule has 0 aromatic carbocycles. The molecule has 6 heteroatoms. The van der Waals surface area contributed by atoms with Gasteiger partial charge in [0.15, 0.2) is 5.69 Å². The van der Waals surface area contributed by atoms with E-state index in [2.05, 4.69) is 15.5 Å². The van der Waals surface area contributed by atoms with Gasteiger partial charge in [0.2, 0.25) is 5.88 Å². The van der Waals surface area contributed by atoms with E-state index in [1.807, 2.05) is 0 Å². The van der Waals surface area contributed by atoms with E-state index in [4.69, 9.17) is 10.5 Å². The molecule has 1 heterocycles. The number of nitrogens with two attached hydrogens (primary N) is 1. The highest BCUT2D eigenvalue weighted by molar-refractivity contribution is 5.91. The summed E-state index contributed by atoms with van der Waals surface area (Å²) in [5.41, 5.74) is 5.97. The van der Waals surface area contributed by atoms with E-state index in [1.165, 1.54) is 0 Å². The summed E-state index contributed by atoms with van der Waals surface area (Å²) in [6, 6.07) is 3.27. The van der Waals surface area contributed by atoms with Crippen molar-refractivity contribution < 1.29 is 9.53 Å². The molecule has 0 aliphatic heterocycles. The smallest absolute Gasteiger partial charge is 0.271 e. The first-order valence-corrected chi connectivity index (χ1v) is 6.17. The van der Waals surface area contributed by atoms with Crippen molar-refractivity contribution in [3.05, 3.63) is 17.8 Å². The first-order chi connectivity index (χ1) is 8.74. The van der Waals surface area contributed by atoms with Gasteiger partial charge in [-0.25, -0.2) is 0 Å². The first-order valence-electron chi connectivity index (χ1n) is 6.17. The molecule has 2 unspecified atom stereocenters. The Kier molecular flexibility index (Phi) is 4.09. The van der Waals surface area contributed by atoms with E-state index in [0.29, 0.717) is 18.3 Å². The van der Waals surface area contributed by atoms with Crippen LogP contribution in [0.5, 0.6) is 5.88 Å². The molecule has 1 aromatic rings. The maximum atomic E-state index is 11.3. The van der Waals surface area contributed by atoms with Crippen molar-refractivity contribution in [2.24, 2.45) is 11.7 Å². The first kappa shape index (κ1) is 12.8. The summed E-state index contributed by atoms with van der Waals surface area (Å²) in [6.07, 6.45) is 3.36. The number of ether oxygens (including phenoxy) is 1. The molecule has 18 heavy (non-hydrogen) atoms. The van der Waals surface area contributed by atoms with Crippen molar-refractivity contribution >= 4 is 5.91 Å². The van der Waals surface area contributed by atoms with E-state index >= 15 is 0 Å². The number of aromatic nitrogens is 2. The molecule has 1 aliphatic carbocycles. The zero-order valence-electron chi connectivity index (χ0n) is 10.4. The molecule has 1 aromatic heterocycles. The highest BCUT2D eigenvalue weighted by Gasteiger charge is 2.28. The van der Waals surface area contributed by atoms with Crippen LogP contribution in [0.4, 0.5) is 0 Å². The molecular formula is C12H18N4O2. The standard InChI is InChI=1S/C12H18N4O2/c1-14-12(17)9-5-6-11(16-15-9)18-10-4-2-3-8(10)7-13/h5-6,8,10H,2-4,7,13H2,1H3,(H,14,17). The van der Waals surface area contributed by atoms with Gasteiger partial charge in [0, 0.05) is 19.0 Å². The van der Waals surface area contributed by atoms with Gasteiger partial charge < -0.3 is 15.8 Å². The fraction of sp³-hybridized carbons (Fsp3) is 0.583. The van der Waals surface area contributed by atoms with Gasteiger partial charge >= 0.3 is 0 Å². The maximum Gasteiger partial charge on any atom is 0.271 e. The van der Waals surface area contributed by atoms with Crippen LogP contribution in [0, 0.1) is 5.92 Å². The Labute approximate surface area is 106 Å². The molecule has 6 nitrogen and oxygen atoms in total. The summed E-state index contributed by atoms with van der Waals surface area (Å²) < 4.78 is 5.76. The predicted molar refractivity (Wildman–Crippen MR) is 66.2 cm³/mol. The molecule has 2 rings (SSSR count). The van der Waals surface area contributed by atoms with Gasteiger partial charge in [-0.15, -0.1) is 10.2 Å². The van der Waals surface area contributed by atoms with Gasteiger partial charge in [-0.3, -0.25) is 4.79 Å². The summed E-state index contributed by atoms with van der Waals surface area (Å²) in [6.45, 7) is 0.633. The van der Waals surface area contributed by atoms with Crippen molar-refractivity contribution in [1.29, 1.82) is 0 Å². The molecule has 0 spiro atoms. The Morgan fingerprint density at radius 2 is 2.33 bits per heavy atom. The maximum absolute atomic E-state index is 11.3. The van der Waals surface area contributed by atoms with Crippen molar-refractivity contribution in [2.75, 3.05) is 13.6 Å². The van der Waals surface area contributed by atoms with Crippen LogP contribution < -0.4 is 15.8 Å². The number of hydrogen-bond acceptors (Lipinski definition) is 5. The molecule has 1 saturated carbocycles. The van der Waals surface area contributed by atoms with Gasteiger partial charge in [0.05, 0.1) is 0 Å². The van der Waals surface area contributed by atoms with E-state index < -0.39 is 0 Å². The molecule has 2 atom stereocenters. The van der Waals surface area contributed by atoms with Crippen LogP contribution >= 0.6 is 0 Å². The molecule has 1 fully saturated rings. The lowest BCUT2D eigenvalue weighted by atomic mass is 10.1. The Balaban J connectivity index is 2.00. The van der Waals surface area contributed by atoms with Crippen LogP contribution in [0.15, 0.2) is 12.1 Å². The molecule has 98 valence electrons. The topological polar surface area (TPSA) is 90.1 Å². The second-order valence-corrected chi connectivity index (χ2v) is 4.42. The van der Waals surface area contributed by atoms with Crippen LogP contribution in [0.1, 0.15) is 29.8 Å². The molecule has 0 radical (unpaired) electrons. The fourth-order valence-electron chi connectivity index (χ4n) is 2.21. The van der Waals surface area contributed by atoms with E-state index in [9.17, 15) is 4.79 Å². The Bertz CT molecular complexity index is 407. The van der Waals surface area contributed by atoms with Crippen LogP contribution in [0.3, 0.4) is 0 Å². The monoisotopic (exact) mass is 250 g/mol. The SMILES string of the molecule is CNC(=O)c1ccc(OC2CCCC2CN)nn1. The quantitative estimate of drug-likeness (QED) is 0.804. The summed E-state index contributed by atoms with van der Waals surface area (Å²) in [7, 11) is 1.55. The molecule has 1 amide bonds. The third kappa shape index (κ3) is 2.76. The van der Waals surface area contributed by atoms with E-state index in [1.54, 1.807) is 19.2 Å². The number of nitrogens with zero attached hydrogens (tertiary/aromatic N) is 2. The third-order valence-electron chi connectivity index (χ3n) is 3.26. The summed E-state index contributed by atoms with van der Waals surface area (Å²) in [5, 5.41) is 10.2. The second-order valence-electron chi connectivity index (χ2n) is 4.42. The lowest BCUT2D eigenvalue weighted by Crippen LogP contribution is -2.28. The van der Waals surface area contributed by atoms with Crippen LogP contribution in [-0.4, -0.2) is 35.8 Å². The molecule has 3 N–H and O–H groups in total. The van der Waals surface area contributed by atoms with Crippen LogP contribution in [0.25, 0.3) is 0 Å². The third-order valence-corrected chi connectivity index (χ3v) is 3.26. The normalized spacial score (nSPS) is 22.8. The average Bonchev–Trinajstić information content (AvgIpc) is 2.86. The lowest BCUT2D eigenvalue weighted by molar-refractivity contribution is 0.0956. The molecular weight excluding hydrogens is 232 g/mol. The average molecular weight is 250 g/mol. The van der Waals surface area contributed by atoms with E-state index in [0.717, 1.165) is 19.3 Å². The van der Waals surface area contributed by atoms with E-state index in [-0.39, 0.29) is 17.7 Å². The number of rotatable bonds is 4. The molecule has 0 bridgehead atoms. The number of hydrogen-bond donors (Lipinski definition) is 2. The lowest BCUT2D eigenvalue weighted by Gasteiger charge is -2.18. The highest BCUT2D eigenvalue weighted by Crippen LogP contribution is 2.28. The predicted octanol–water partition coefficient (Wildman–Crippen LogP) is 0.342. The van der Waals surface area contributed by atoms with Gasteiger partial charge in [-0.2, -0.15) is 0 Å². The summed E-state index contributed by atoms with van der Waals surface area (Å²) in [4.78, 5) is 11.3. The summed E-state index contributed by atoms with van der Waals surface area (Å²) in [5.74, 6) is 0.591. The van der Waals surface area contributed by atoms with Crippen molar-refractivity contribution in [3.8, 4) is 5.88 Å². The second kappa shape index (κ2) is 5.77. The molecule has 1 aliphatic rings. The Morgan fingerprint density at radius 3 is 2.94 bits per heavy atom. The zero-order chi connectivity index (χ0) is 13.0. The number of nitrogens with one attached hydrogen (secondary N) is 1. The number of amides is 1. The van der Waals surface area contributed by atoms with Crippen LogP contribution in [0.2, 0.25) is 0 Å². The van der Waals surface area contributed by atoms with Crippen molar-refractivity contribution in [2.45, 2.75) is 25.4 Å². The van der Waals surface area contributed by atoms with Crippen molar-refractivity contribution in [1.82, 2.24) is 15.5 Å². The fourth-order valence-corrected chi connectivity index (χ4v) is 2.21. The summed E-state index contributed by atoms with van der Waals surface area (Å²) >= 11 is 0. The van der Waals surface area contributed by atoms with Gasteiger partial charge in [-0.1, -0.05) is 0 Å². The van der Waals surface area contributed by atoms with Gasteiger partial charge in [-0.05, 0) is 31.9 Å². The minimum atomic E-state index is -0.255. The zero-order valence-corrected chi connectivity index (χ0v) is 10.4. The number of carbonyl (C=O) groups is 1. The van der Waals surface area contributed by atoms with Gasteiger partial charge in [0.25, 0.3) is 5.91 Å². The minimum Gasteiger partial charge on any atom is -0.473 e. The van der Waals surface area contributed by atoms with Crippen LogP contribution in [-0.2, 0) is 0 Å².